The summed E-state index contributed by atoms with van der Waals surface area (Å²) in [5.41, 5.74) is 3.71. The van der Waals surface area contributed by atoms with Crippen molar-refractivity contribution in [2.24, 2.45) is 0 Å². The fourth-order valence-electron chi connectivity index (χ4n) is 2.37. The van der Waals surface area contributed by atoms with E-state index in [2.05, 4.69) is 17.2 Å². The monoisotopic (exact) mass is 320 g/mol. The molecule has 0 atom stereocenters. The molecule has 2 aromatic carbocycles. The summed E-state index contributed by atoms with van der Waals surface area (Å²) in [6, 6.07) is 17.3. The van der Waals surface area contributed by atoms with Crippen molar-refractivity contribution < 1.29 is 9.18 Å². The minimum atomic E-state index is -0.313. The number of pyridine rings is 1. The normalized spacial score (nSPS) is 10.4. The maximum atomic E-state index is 13.3. The fraction of sp³-hybridized carbons (Fsp3) is 0.100. The van der Waals surface area contributed by atoms with E-state index in [1.54, 1.807) is 24.3 Å². The molecular weight excluding hydrogens is 303 g/mol. The summed E-state index contributed by atoms with van der Waals surface area (Å²) in [7, 11) is 0. The SMILES string of the molecule is CCc1ccc(NC(=O)c2ccc(-c3cccc(F)c3)nc2)cc1. The van der Waals surface area contributed by atoms with E-state index in [-0.39, 0.29) is 11.7 Å². The number of aromatic nitrogens is 1. The lowest BCUT2D eigenvalue weighted by Crippen LogP contribution is -2.12. The predicted octanol–water partition coefficient (Wildman–Crippen LogP) is 4.70. The molecule has 1 N–H and O–H groups in total. The third kappa shape index (κ3) is 3.66. The van der Waals surface area contributed by atoms with E-state index in [1.165, 1.54) is 23.9 Å². The molecule has 1 amide bonds. The van der Waals surface area contributed by atoms with Crippen molar-refractivity contribution in [1.29, 1.82) is 0 Å². The van der Waals surface area contributed by atoms with E-state index in [1.807, 2.05) is 24.3 Å². The highest BCUT2D eigenvalue weighted by Gasteiger charge is 2.08. The summed E-state index contributed by atoms with van der Waals surface area (Å²) in [4.78, 5) is 16.5. The summed E-state index contributed by atoms with van der Waals surface area (Å²) in [5, 5.41) is 2.84. The van der Waals surface area contributed by atoms with E-state index in [4.69, 9.17) is 0 Å². The van der Waals surface area contributed by atoms with E-state index >= 15 is 0 Å². The van der Waals surface area contributed by atoms with Crippen LogP contribution in [0.15, 0.2) is 66.9 Å². The third-order valence-corrected chi connectivity index (χ3v) is 3.77. The Morgan fingerprint density at radius 3 is 2.50 bits per heavy atom. The summed E-state index contributed by atoms with van der Waals surface area (Å²) < 4.78 is 13.3. The Kier molecular flexibility index (Phi) is 4.66. The number of hydrogen-bond donors (Lipinski definition) is 1. The quantitative estimate of drug-likeness (QED) is 0.757. The van der Waals surface area contributed by atoms with E-state index in [9.17, 15) is 9.18 Å². The molecule has 0 fully saturated rings. The van der Waals surface area contributed by atoms with Gasteiger partial charge in [0, 0.05) is 17.4 Å². The zero-order chi connectivity index (χ0) is 16.9. The summed E-state index contributed by atoms with van der Waals surface area (Å²) in [6.45, 7) is 2.08. The highest BCUT2D eigenvalue weighted by Crippen LogP contribution is 2.18. The van der Waals surface area contributed by atoms with Crippen LogP contribution in [0.2, 0.25) is 0 Å². The first-order valence-electron chi connectivity index (χ1n) is 7.78. The van der Waals surface area contributed by atoms with Crippen LogP contribution in [-0.4, -0.2) is 10.9 Å². The van der Waals surface area contributed by atoms with Crippen molar-refractivity contribution >= 4 is 11.6 Å². The Hall–Kier alpha value is -3.01. The van der Waals surface area contributed by atoms with E-state index < -0.39 is 0 Å². The van der Waals surface area contributed by atoms with Crippen LogP contribution < -0.4 is 5.32 Å². The van der Waals surface area contributed by atoms with Crippen LogP contribution in [0.25, 0.3) is 11.3 Å². The van der Waals surface area contributed by atoms with Crippen LogP contribution >= 0.6 is 0 Å². The molecule has 0 saturated carbocycles. The molecule has 0 radical (unpaired) electrons. The second-order valence-corrected chi connectivity index (χ2v) is 5.45. The predicted molar refractivity (Wildman–Crippen MR) is 93.4 cm³/mol. The third-order valence-electron chi connectivity index (χ3n) is 3.77. The zero-order valence-corrected chi connectivity index (χ0v) is 13.3. The van der Waals surface area contributed by atoms with Crippen LogP contribution in [0.3, 0.4) is 0 Å². The lowest BCUT2D eigenvalue weighted by molar-refractivity contribution is 0.102. The molecule has 120 valence electrons. The number of anilines is 1. The van der Waals surface area contributed by atoms with Gasteiger partial charge in [-0.3, -0.25) is 9.78 Å². The highest BCUT2D eigenvalue weighted by molar-refractivity contribution is 6.04. The first-order valence-corrected chi connectivity index (χ1v) is 7.78. The number of carbonyl (C=O) groups is 1. The van der Waals surface area contributed by atoms with E-state index in [0.717, 1.165) is 12.1 Å². The Morgan fingerprint density at radius 1 is 1.08 bits per heavy atom. The van der Waals surface area contributed by atoms with Crippen LogP contribution in [0, 0.1) is 5.82 Å². The van der Waals surface area contributed by atoms with Gasteiger partial charge in [0.25, 0.3) is 5.91 Å². The van der Waals surface area contributed by atoms with Gasteiger partial charge in [0.2, 0.25) is 0 Å². The van der Waals surface area contributed by atoms with Gasteiger partial charge in [-0.1, -0.05) is 31.2 Å². The van der Waals surface area contributed by atoms with Crippen LogP contribution in [0.5, 0.6) is 0 Å². The molecule has 0 saturated heterocycles. The maximum absolute atomic E-state index is 13.3. The Morgan fingerprint density at radius 2 is 1.88 bits per heavy atom. The number of nitrogens with one attached hydrogen (secondary N) is 1. The first kappa shape index (κ1) is 15.9. The van der Waals surface area contributed by atoms with Gasteiger partial charge >= 0.3 is 0 Å². The standard InChI is InChI=1S/C20H17FN2O/c1-2-14-6-9-18(10-7-14)23-20(24)16-8-11-19(22-13-16)15-4-3-5-17(21)12-15/h3-13H,2H2,1H3,(H,23,24). The lowest BCUT2D eigenvalue weighted by atomic mass is 10.1. The average molecular weight is 320 g/mol. The van der Waals surface area contributed by atoms with E-state index in [0.29, 0.717) is 16.8 Å². The molecule has 24 heavy (non-hydrogen) atoms. The molecule has 1 heterocycles. The van der Waals surface area contributed by atoms with Crippen LogP contribution in [0.4, 0.5) is 10.1 Å². The summed E-state index contributed by atoms with van der Waals surface area (Å²) in [5.74, 6) is -0.538. The number of carbonyl (C=O) groups excluding carboxylic acids is 1. The molecule has 0 spiro atoms. The van der Waals surface area contributed by atoms with Gasteiger partial charge in [-0.2, -0.15) is 0 Å². The molecule has 0 unspecified atom stereocenters. The molecule has 3 rings (SSSR count). The number of nitrogens with zero attached hydrogens (tertiary/aromatic N) is 1. The Bertz CT molecular complexity index is 842. The van der Waals surface area contributed by atoms with Gasteiger partial charge < -0.3 is 5.32 Å². The highest BCUT2D eigenvalue weighted by atomic mass is 19.1. The number of benzene rings is 2. The molecular formula is C20H17FN2O. The molecule has 0 aliphatic rings. The maximum Gasteiger partial charge on any atom is 0.257 e. The number of rotatable bonds is 4. The molecule has 1 aromatic heterocycles. The minimum absolute atomic E-state index is 0.224. The van der Waals surface area contributed by atoms with Gasteiger partial charge in [-0.05, 0) is 48.4 Å². The minimum Gasteiger partial charge on any atom is -0.322 e. The number of hydrogen-bond acceptors (Lipinski definition) is 2. The second-order valence-electron chi connectivity index (χ2n) is 5.45. The van der Waals surface area contributed by atoms with Crippen molar-refractivity contribution in [1.82, 2.24) is 4.98 Å². The summed E-state index contributed by atoms with van der Waals surface area (Å²) in [6.07, 6.45) is 2.45. The van der Waals surface area contributed by atoms with Crippen molar-refractivity contribution in [3.63, 3.8) is 0 Å². The fourth-order valence-corrected chi connectivity index (χ4v) is 2.37. The topological polar surface area (TPSA) is 42.0 Å². The molecule has 3 aromatic rings. The van der Waals surface area contributed by atoms with Gasteiger partial charge in [0.15, 0.2) is 0 Å². The summed E-state index contributed by atoms with van der Waals surface area (Å²) >= 11 is 0. The van der Waals surface area contributed by atoms with Gasteiger partial charge in [-0.25, -0.2) is 4.39 Å². The number of halogens is 1. The van der Waals surface area contributed by atoms with Crippen molar-refractivity contribution in [3.05, 3.63) is 83.8 Å². The molecule has 0 aliphatic carbocycles. The van der Waals surface area contributed by atoms with Gasteiger partial charge in [0.05, 0.1) is 11.3 Å². The first-order chi connectivity index (χ1) is 11.7. The van der Waals surface area contributed by atoms with Crippen LogP contribution in [0.1, 0.15) is 22.8 Å². The molecule has 0 aliphatic heterocycles. The zero-order valence-electron chi connectivity index (χ0n) is 13.3. The average Bonchev–Trinajstić information content (AvgIpc) is 2.62. The smallest absolute Gasteiger partial charge is 0.257 e. The van der Waals surface area contributed by atoms with Crippen molar-refractivity contribution in [2.75, 3.05) is 5.32 Å². The number of aryl methyl sites for hydroxylation is 1. The number of amides is 1. The van der Waals surface area contributed by atoms with Crippen molar-refractivity contribution in [2.45, 2.75) is 13.3 Å². The van der Waals surface area contributed by atoms with Crippen LogP contribution in [-0.2, 0) is 6.42 Å². The lowest BCUT2D eigenvalue weighted by Gasteiger charge is -2.07. The van der Waals surface area contributed by atoms with Crippen molar-refractivity contribution in [3.8, 4) is 11.3 Å². The molecule has 3 nitrogen and oxygen atoms in total. The molecule has 0 bridgehead atoms. The Labute approximate surface area is 140 Å². The van der Waals surface area contributed by atoms with Gasteiger partial charge in [0.1, 0.15) is 5.82 Å². The largest absolute Gasteiger partial charge is 0.322 e. The Balaban J connectivity index is 1.73. The second kappa shape index (κ2) is 7.04. The van der Waals surface area contributed by atoms with Gasteiger partial charge in [-0.15, -0.1) is 0 Å². The molecule has 4 heteroatoms.